The van der Waals surface area contributed by atoms with Gasteiger partial charge >= 0.3 is 0 Å². The molecule has 0 saturated carbocycles. The van der Waals surface area contributed by atoms with Crippen LogP contribution in [-0.2, 0) is 12.5 Å². The molecule has 3 nitrogen and oxygen atoms in total. The van der Waals surface area contributed by atoms with Crippen LogP contribution < -0.4 is 0 Å². The van der Waals surface area contributed by atoms with Crippen molar-refractivity contribution in [2.24, 2.45) is 7.05 Å². The zero-order valence-corrected chi connectivity index (χ0v) is 18.0. The maximum Gasteiger partial charge on any atom is 0.135 e. The molecule has 28 heavy (non-hydrogen) atoms. The molecule has 2 atom stereocenters. The summed E-state index contributed by atoms with van der Waals surface area (Å²) in [5.74, 6) is 1.19. The summed E-state index contributed by atoms with van der Waals surface area (Å²) >= 11 is 13.5. The predicted octanol–water partition coefficient (Wildman–Crippen LogP) is 6.51. The van der Waals surface area contributed by atoms with Gasteiger partial charge in [-0.25, -0.2) is 9.97 Å². The Kier molecular flexibility index (Phi) is 4.84. The smallest absolute Gasteiger partial charge is 0.135 e. The van der Waals surface area contributed by atoms with Gasteiger partial charge in [-0.3, -0.25) is 0 Å². The molecule has 0 bridgehead atoms. The molecule has 0 aliphatic heterocycles. The highest BCUT2D eigenvalue weighted by Crippen LogP contribution is 2.43. The molecule has 3 aromatic rings. The van der Waals surface area contributed by atoms with Gasteiger partial charge in [0.1, 0.15) is 11.0 Å². The molecule has 0 N–H and O–H groups in total. The van der Waals surface area contributed by atoms with Crippen molar-refractivity contribution in [3.63, 3.8) is 0 Å². The van der Waals surface area contributed by atoms with Gasteiger partial charge in [0.2, 0.25) is 0 Å². The summed E-state index contributed by atoms with van der Waals surface area (Å²) in [5, 5.41) is 2.10. The highest BCUT2D eigenvalue weighted by atomic mass is 35.5. The number of halogens is 2. The van der Waals surface area contributed by atoms with E-state index in [4.69, 9.17) is 23.2 Å². The van der Waals surface area contributed by atoms with Crippen LogP contribution in [0.15, 0.2) is 48.7 Å². The first-order chi connectivity index (χ1) is 13.3. The molecule has 0 spiro atoms. The van der Waals surface area contributed by atoms with E-state index in [1.54, 1.807) is 0 Å². The fourth-order valence-corrected chi connectivity index (χ4v) is 4.88. The Morgan fingerprint density at radius 1 is 1.21 bits per heavy atom. The van der Waals surface area contributed by atoms with Crippen molar-refractivity contribution in [1.29, 1.82) is 0 Å². The van der Waals surface area contributed by atoms with Crippen LogP contribution in [0.1, 0.15) is 48.8 Å². The zero-order valence-electron chi connectivity index (χ0n) is 16.5. The summed E-state index contributed by atoms with van der Waals surface area (Å²) in [7, 11) is 2.05. The van der Waals surface area contributed by atoms with E-state index in [1.165, 1.54) is 11.3 Å². The first-order valence-corrected chi connectivity index (χ1v) is 10.2. The molecule has 2 heterocycles. The van der Waals surface area contributed by atoms with Crippen molar-refractivity contribution in [2.75, 3.05) is 0 Å². The molecular weight excluding hydrogens is 389 g/mol. The molecular formula is C23H23Cl2N3. The quantitative estimate of drug-likeness (QED) is 0.459. The summed E-state index contributed by atoms with van der Waals surface area (Å²) < 4.78 is 2.13. The Bertz CT molecular complexity index is 1130. The van der Waals surface area contributed by atoms with Gasteiger partial charge < -0.3 is 4.57 Å². The summed E-state index contributed by atoms with van der Waals surface area (Å²) in [6.45, 7) is 6.35. The lowest BCUT2D eigenvalue weighted by Crippen LogP contribution is -2.21. The number of rotatable bonds is 3. The highest BCUT2D eigenvalue weighted by Gasteiger charge is 2.30. The van der Waals surface area contributed by atoms with Gasteiger partial charge in [-0.1, -0.05) is 67.4 Å². The minimum atomic E-state index is -0.259. The van der Waals surface area contributed by atoms with Crippen molar-refractivity contribution in [3.05, 3.63) is 81.5 Å². The van der Waals surface area contributed by atoms with Gasteiger partial charge in [0, 0.05) is 41.2 Å². The van der Waals surface area contributed by atoms with E-state index in [2.05, 4.69) is 52.7 Å². The lowest BCUT2D eigenvalue weighted by atomic mass is 9.77. The number of allylic oxidation sites excluding steroid dienone is 4. The first kappa shape index (κ1) is 19.2. The molecule has 0 saturated heterocycles. The average molecular weight is 412 g/mol. The van der Waals surface area contributed by atoms with Crippen LogP contribution in [0.4, 0.5) is 0 Å². The highest BCUT2D eigenvalue weighted by molar-refractivity contribution is 6.39. The van der Waals surface area contributed by atoms with Crippen LogP contribution in [-0.4, -0.2) is 14.5 Å². The minimum absolute atomic E-state index is 0.193. The Morgan fingerprint density at radius 3 is 2.64 bits per heavy atom. The lowest BCUT2D eigenvalue weighted by molar-refractivity contribution is 0.599. The van der Waals surface area contributed by atoms with Crippen LogP contribution in [0.2, 0.25) is 10.2 Å². The van der Waals surface area contributed by atoms with E-state index in [-0.39, 0.29) is 11.3 Å². The number of aryl methyl sites for hydroxylation is 1. The molecule has 2 aromatic heterocycles. The van der Waals surface area contributed by atoms with E-state index in [9.17, 15) is 0 Å². The summed E-state index contributed by atoms with van der Waals surface area (Å²) in [6, 6.07) is 6.24. The molecule has 1 aliphatic rings. The van der Waals surface area contributed by atoms with Gasteiger partial charge in [-0.2, -0.15) is 0 Å². The van der Waals surface area contributed by atoms with Gasteiger partial charge in [0.05, 0.1) is 10.5 Å². The van der Waals surface area contributed by atoms with E-state index in [1.807, 2.05) is 38.4 Å². The fourth-order valence-electron chi connectivity index (χ4n) is 3.97. The Morgan fingerprint density at radius 2 is 2.00 bits per heavy atom. The van der Waals surface area contributed by atoms with Crippen molar-refractivity contribution in [3.8, 4) is 0 Å². The topological polar surface area (TPSA) is 30.7 Å². The van der Waals surface area contributed by atoms with Gasteiger partial charge in [-0.15, -0.1) is 0 Å². The van der Waals surface area contributed by atoms with Gasteiger partial charge in [-0.05, 0) is 31.0 Å². The summed E-state index contributed by atoms with van der Waals surface area (Å²) in [5.41, 5.74) is 3.80. The van der Waals surface area contributed by atoms with Crippen LogP contribution in [0.25, 0.3) is 10.9 Å². The molecule has 2 unspecified atom stereocenters. The molecule has 4 rings (SSSR count). The number of aromatic nitrogens is 3. The second kappa shape index (κ2) is 7.06. The molecule has 0 amide bonds. The number of fused-ring (bicyclic) bond motifs is 1. The van der Waals surface area contributed by atoms with E-state index < -0.39 is 0 Å². The lowest BCUT2D eigenvalue weighted by Gasteiger charge is -2.29. The molecule has 5 heteroatoms. The van der Waals surface area contributed by atoms with Crippen LogP contribution in [0.5, 0.6) is 0 Å². The Balaban J connectivity index is 1.86. The Labute approximate surface area is 175 Å². The third kappa shape index (κ3) is 3.07. The number of pyridine rings is 1. The fraction of sp³-hybridized carbons (Fsp3) is 0.304. The van der Waals surface area contributed by atoms with Crippen molar-refractivity contribution in [2.45, 2.75) is 38.5 Å². The minimum Gasteiger partial charge on any atom is -0.335 e. The summed E-state index contributed by atoms with van der Waals surface area (Å²) in [6.07, 6.45) is 11.2. The van der Waals surface area contributed by atoms with E-state index >= 15 is 0 Å². The number of benzene rings is 1. The molecule has 0 radical (unpaired) electrons. The predicted molar refractivity (Wildman–Crippen MR) is 117 cm³/mol. The molecule has 1 aliphatic carbocycles. The van der Waals surface area contributed by atoms with Gasteiger partial charge in [0.25, 0.3) is 0 Å². The second-order valence-electron chi connectivity index (χ2n) is 7.79. The molecule has 1 aromatic carbocycles. The Hall–Kier alpha value is -2.10. The number of hydrogen-bond acceptors (Lipinski definition) is 2. The van der Waals surface area contributed by atoms with Crippen molar-refractivity contribution >= 4 is 34.1 Å². The number of nitrogens with zero attached hydrogens (tertiary/aromatic N) is 3. The largest absolute Gasteiger partial charge is 0.335 e. The maximum atomic E-state index is 6.93. The standard InChI is InChI=1S/C23H23Cl2N3/c1-14(19-13-26-15(2)28(19)4)16-8-9-18-17(12-16)21(24)20(22(25)27-18)23(3)10-6-5-7-11-23/h5-10,12-14H,11H2,1-4H3. The van der Waals surface area contributed by atoms with Crippen molar-refractivity contribution < 1.29 is 0 Å². The molecule has 0 fully saturated rings. The van der Waals surface area contributed by atoms with E-state index in [0.717, 1.165) is 28.7 Å². The van der Waals surface area contributed by atoms with E-state index in [0.29, 0.717) is 10.2 Å². The first-order valence-electron chi connectivity index (χ1n) is 9.43. The van der Waals surface area contributed by atoms with Crippen LogP contribution in [0, 0.1) is 6.92 Å². The van der Waals surface area contributed by atoms with Crippen LogP contribution >= 0.6 is 23.2 Å². The average Bonchev–Trinajstić information content (AvgIpc) is 3.00. The second-order valence-corrected chi connectivity index (χ2v) is 8.52. The number of imidazole rings is 1. The zero-order chi connectivity index (χ0) is 20.1. The maximum absolute atomic E-state index is 6.93. The molecule has 144 valence electrons. The van der Waals surface area contributed by atoms with Gasteiger partial charge in [0.15, 0.2) is 0 Å². The van der Waals surface area contributed by atoms with Crippen molar-refractivity contribution in [1.82, 2.24) is 14.5 Å². The SMILES string of the molecule is Cc1ncc(C(C)c2ccc3nc(Cl)c(C4(C)C=CC=CC4)c(Cl)c3c2)n1C. The number of hydrogen-bond donors (Lipinski definition) is 0. The third-order valence-corrected chi connectivity index (χ3v) is 6.59. The monoisotopic (exact) mass is 411 g/mol. The van der Waals surface area contributed by atoms with Crippen LogP contribution in [0.3, 0.4) is 0 Å². The normalized spacial score (nSPS) is 20.1. The summed E-state index contributed by atoms with van der Waals surface area (Å²) in [4.78, 5) is 9.09. The third-order valence-electron chi connectivity index (χ3n) is 5.93.